The first-order valence-electron chi connectivity index (χ1n) is 9.72. The highest BCUT2D eigenvalue weighted by atomic mass is 16.3. The van der Waals surface area contributed by atoms with Gasteiger partial charge in [-0.3, -0.25) is 0 Å². The summed E-state index contributed by atoms with van der Waals surface area (Å²) in [6.07, 6.45) is 12.4. The molecule has 23 heavy (non-hydrogen) atoms. The van der Waals surface area contributed by atoms with Crippen LogP contribution in [-0.4, -0.2) is 21.9 Å². The summed E-state index contributed by atoms with van der Waals surface area (Å²) in [4.78, 5) is 0. The summed E-state index contributed by atoms with van der Waals surface area (Å²) >= 11 is 0. The van der Waals surface area contributed by atoms with Gasteiger partial charge in [-0.15, -0.1) is 0 Å². The zero-order chi connectivity index (χ0) is 16.7. The monoisotopic (exact) mass is 318 g/mol. The molecule has 0 bridgehead atoms. The van der Waals surface area contributed by atoms with Gasteiger partial charge in [0, 0.05) is 0 Å². The van der Waals surface area contributed by atoms with Gasteiger partial charge in [-0.25, -0.2) is 0 Å². The number of rotatable bonds is 0. The van der Waals surface area contributed by atoms with Crippen molar-refractivity contribution in [2.24, 2.45) is 34.0 Å². The summed E-state index contributed by atoms with van der Waals surface area (Å²) in [7, 11) is 0. The van der Waals surface area contributed by atoms with Gasteiger partial charge in [0.15, 0.2) is 0 Å². The maximum Gasteiger partial charge on any atom is 0.0805 e. The van der Waals surface area contributed by atoms with E-state index >= 15 is 0 Å². The molecule has 0 saturated heterocycles. The highest BCUT2D eigenvalue weighted by Gasteiger charge is 2.63. The lowest BCUT2D eigenvalue weighted by molar-refractivity contribution is -0.142. The fourth-order valence-electron chi connectivity index (χ4n) is 7.41. The van der Waals surface area contributed by atoms with Gasteiger partial charge in [0.2, 0.25) is 0 Å². The van der Waals surface area contributed by atoms with Crippen LogP contribution >= 0.6 is 0 Å². The lowest BCUT2D eigenvalue weighted by atomic mass is 9.41. The molecular formula is C21H34O2. The van der Waals surface area contributed by atoms with E-state index in [2.05, 4.69) is 32.9 Å². The van der Waals surface area contributed by atoms with Crippen molar-refractivity contribution in [3.8, 4) is 0 Å². The average Bonchev–Trinajstić information content (AvgIpc) is 2.76. The van der Waals surface area contributed by atoms with Gasteiger partial charge >= 0.3 is 0 Å². The van der Waals surface area contributed by atoms with Crippen LogP contribution in [0.4, 0.5) is 0 Å². The molecule has 0 unspecified atom stereocenters. The van der Waals surface area contributed by atoms with Crippen LogP contribution in [0.5, 0.6) is 0 Å². The Kier molecular flexibility index (Phi) is 3.25. The van der Waals surface area contributed by atoms with Crippen LogP contribution in [0.1, 0.15) is 72.6 Å². The summed E-state index contributed by atoms with van der Waals surface area (Å²) in [6.45, 7) is 9.19. The molecule has 2 nitrogen and oxygen atoms in total. The predicted molar refractivity (Wildman–Crippen MR) is 92.9 cm³/mol. The van der Waals surface area contributed by atoms with Crippen LogP contribution in [0, 0.1) is 34.0 Å². The molecule has 2 N–H and O–H groups in total. The van der Waals surface area contributed by atoms with E-state index in [4.69, 9.17) is 0 Å². The summed E-state index contributed by atoms with van der Waals surface area (Å²) in [5.74, 6) is 2.18. The minimum atomic E-state index is -0.645. The molecule has 0 spiro atoms. The molecule has 0 aromatic carbocycles. The van der Waals surface area contributed by atoms with Crippen LogP contribution in [0.2, 0.25) is 0 Å². The molecule has 130 valence electrons. The standard InChI is InChI=1S/C21H34O2/c1-18-9-7-14-15-5-6-17(22)20(15,3)10-8-16(14)21(18,4)12-11-19(2,23)13-18/h11-12,14-17,22-23H,5-10,13H2,1-4H3/t14-,15-,16-,17+,18+,19-,20+,21-/m1/s1. The number of allylic oxidation sites excluding steroid dienone is 1. The predicted octanol–water partition coefficient (Wildman–Crippen LogP) is 4.31. The Bertz CT molecular complexity index is 538. The van der Waals surface area contributed by atoms with E-state index in [0.717, 1.165) is 24.7 Å². The minimum Gasteiger partial charge on any atom is -0.393 e. The third-order valence-corrected chi connectivity index (χ3v) is 9.02. The van der Waals surface area contributed by atoms with Crippen LogP contribution < -0.4 is 0 Å². The largest absolute Gasteiger partial charge is 0.393 e. The minimum absolute atomic E-state index is 0.0859. The van der Waals surface area contributed by atoms with Gasteiger partial charge in [0.05, 0.1) is 11.7 Å². The number of hydrogen-bond donors (Lipinski definition) is 2. The molecular weight excluding hydrogens is 284 g/mol. The second kappa shape index (κ2) is 4.64. The summed E-state index contributed by atoms with van der Waals surface area (Å²) in [6, 6.07) is 0. The Labute approximate surface area is 141 Å². The van der Waals surface area contributed by atoms with E-state index in [1.807, 2.05) is 6.92 Å². The van der Waals surface area contributed by atoms with Gasteiger partial charge in [0.25, 0.3) is 0 Å². The molecule has 4 aliphatic carbocycles. The first-order chi connectivity index (χ1) is 10.6. The highest BCUT2D eigenvalue weighted by molar-refractivity contribution is 5.23. The lowest BCUT2D eigenvalue weighted by Crippen LogP contribution is -2.58. The SMILES string of the molecule is C[C@]12CC[C@@H]3[C@H](CC[C@@]4(C)C[C@](C)(O)C=C[C@]34C)[C@H]1CC[C@@H]2O. The van der Waals surface area contributed by atoms with Crippen molar-refractivity contribution in [3.05, 3.63) is 12.2 Å². The normalized spacial score (nSPS) is 61.7. The molecule has 3 fully saturated rings. The van der Waals surface area contributed by atoms with E-state index in [1.165, 1.54) is 32.1 Å². The van der Waals surface area contributed by atoms with Crippen molar-refractivity contribution in [1.82, 2.24) is 0 Å². The molecule has 0 aliphatic heterocycles. The molecule has 4 aliphatic rings. The first-order valence-corrected chi connectivity index (χ1v) is 9.72. The Morgan fingerprint density at radius 3 is 2.35 bits per heavy atom. The molecule has 4 rings (SSSR count). The lowest BCUT2D eigenvalue weighted by Gasteiger charge is -2.64. The molecule has 2 heteroatoms. The van der Waals surface area contributed by atoms with Crippen molar-refractivity contribution < 1.29 is 10.2 Å². The zero-order valence-corrected chi connectivity index (χ0v) is 15.3. The summed E-state index contributed by atoms with van der Waals surface area (Å²) < 4.78 is 0. The third kappa shape index (κ3) is 2.00. The number of aliphatic hydroxyl groups excluding tert-OH is 1. The van der Waals surface area contributed by atoms with Crippen molar-refractivity contribution >= 4 is 0 Å². The fourth-order valence-corrected chi connectivity index (χ4v) is 7.41. The Morgan fingerprint density at radius 1 is 0.870 bits per heavy atom. The maximum absolute atomic E-state index is 10.6. The second-order valence-electron chi connectivity index (χ2n) is 10.3. The van der Waals surface area contributed by atoms with Gasteiger partial charge in [-0.1, -0.05) is 32.9 Å². The molecule has 8 atom stereocenters. The summed E-state index contributed by atoms with van der Waals surface area (Å²) in [5, 5.41) is 21.1. The maximum atomic E-state index is 10.6. The van der Waals surface area contributed by atoms with Crippen molar-refractivity contribution in [3.63, 3.8) is 0 Å². The topological polar surface area (TPSA) is 40.5 Å². The van der Waals surface area contributed by atoms with Gasteiger partial charge in [0.1, 0.15) is 0 Å². The molecule has 3 saturated carbocycles. The Hall–Kier alpha value is -0.340. The fraction of sp³-hybridized carbons (Fsp3) is 0.905. The second-order valence-corrected chi connectivity index (χ2v) is 10.3. The molecule has 0 aromatic heterocycles. The van der Waals surface area contributed by atoms with E-state index in [0.29, 0.717) is 5.92 Å². The van der Waals surface area contributed by atoms with Gasteiger partial charge < -0.3 is 10.2 Å². The molecule has 0 radical (unpaired) electrons. The van der Waals surface area contributed by atoms with Crippen LogP contribution in [-0.2, 0) is 0 Å². The van der Waals surface area contributed by atoms with E-state index < -0.39 is 5.60 Å². The number of hydrogen-bond acceptors (Lipinski definition) is 2. The van der Waals surface area contributed by atoms with Crippen molar-refractivity contribution in [2.45, 2.75) is 84.3 Å². The van der Waals surface area contributed by atoms with Crippen molar-refractivity contribution in [2.75, 3.05) is 0 Å². The van der Waals surface area contributed by atoms with Gasteiger partial charge in [-0.2, -0.15) is 0 Å². The summed E-state index contributed by atoms with van der Waals surface area (Å²) in [5.41, 5.74) is -0.0760. The highest BCUT2D eigenvalue weighted by Crippen LogP contribution is 2.69. The van der Waals surface area contributed by atoms with E-state index in [9.17, 15) is 10.2 Å². The van der Waals surface area contributed by atoms with Gasteiger partial charge in [-0.05, 0) is 85.9 Å². The van der Waals surface area contributed by atoms with Crippen LogP contribution in [0.3, 0.4) is 0 Å². The Morgan fingerprint density at radius 2 is 1.61 bits per heavy atom. The molecule has 0 amide bonds. The molecule has 0 heterocycles. The molecule has 0 aromatic rings. The van der Waals surface area contributed by atoms with E-state index in [1.54, 1.807) is 0 Å². The first kappa shape index (κ1) is 16.1. The van der Waals surface area contributed by atoms with E-state index in [-0.39, 0.29) is 22.3 Å². The third-order valence-electron chi connectivity index (χ3n) is 9.02. The van der Waals surface area contributed by atoms with Crippen LogP contribution in [0.15, 0.2) is 12.2 Å². The zero-order valence-electron chi connectivity index (χ0n) is 15.3. The Balaban J connectivity index is 1.72. The van der Waals surface area contributed by atoms with Crippen molar-refractivity contribution in [1.29, 1.82) is 0 Å². The smallest absolute Gasteiger partial charge is 0.0805 e. The number of aliphatic hydroxyl groups is 2. The average molecular weight is 319 g/mol. The number of fused-ring (bicyclic) bond motifs is 5. The quantitative estimate of drug-likeness (QED) is 0.654. The van der Waals surface area contributed by atoms with Crippen LogP contribution in [0.25, 0.3) is 0 Å².